The fraction of sp³-hybridized carbons (Fsp3) is 0.632. The second kappa shape index (κ2) is 10.6. The Bertz CT molecular complexity index is 855. The van der Waals surface area contributed by atoms with Gasteiger partial charge in [-0.2, -0.15) is 5.10 Å². The van der Waals surface area contributed by atoms with Crippen molar-refractivity contribution in [2.24, 2.45) is 17.6 Å². The van der Waals surface area contributed by atoms with Crippen molar-refractivity contribution in [1.29, 1.82) is 0 Å². The molecule has 0 saturated carbocycles. The number of Topliss-reactive ketones (excluding diaryl/α,β-unsaturated/α-hetero) is 1. The van der Waals surface area contributed by atoms with E-state index in [2.05, 4.69) is 20.5 Å². The molecule has 3 atom stereocenters. The summed E-state index contributed by atoms with van der Waals surface area (Å²) in [5.41, 5.74) is 5.13. The van der Waals surface area contributed by atoms with Gasteiger partial charge in [0, 0.05) is 18.7 Å². The number of nitrogens with two attached hydrogens (primary N) is 1. The van der Waals surface area contributed by atoms with Gasteiger partial charge in [-0.25, -0.2) is 0 Å². The predicted molar refractivity (Wildman–Crippen MR) is 104 cm³/mol. The Labute approximate surface area is 182 Å². The van der Waals surface area contributed by atoms with E-state index in [9.17, 15) is 32.3 Å². The standard InChI is InChI=1S/C19H26F3N5O5/c1-10(2)7-14(27-6-4-12(26-27)16(23)29)18(31)25-13(8-11-3-5-24-17(11)30)15(28)9-32-19(20,21)22/h4,6,10-11,13-14H,3,5,7-9H2,1-2H3,(H2,23,29)(H,24,30)(H,25,31)/t11-,13-,14-/m0/s1. The van der Waals surface area contributed by atoms with Crippen molar-refractivity contribution in [2.45, 2.75) is 51.6 Å². The number of carbonyl (C=O) groups excluding carboxylic acids is 4. The highest BCUT2D eigenvalue weighted by Gasteiger charge is 2.36. The molecule has 178 valence electrons. The molecular weight excluding hydrogens is 435 g/mol. The fourth-order valence-electron chi connectivity index (χ4n) is 3.37. The molecule has 1 fully saturated rings. The zero-order chi connectivity index (χ0) is 24.1. The third-order valence-corrected chi connectivity index (χ3v) is 4.94. The van der Waals surface area contributed by atoms with Crippen molar-refractivity contribution in [1.82, 2.24) is 20.4 Å². The van der Waals surface area contributed by atoms with E-state index in [1.54, 1.807) is 0 Å². The van der Waals surface area contributed by atoms with Gasteiger partial charge in [0.25, 0.3) is 5.91 Å². The number of nitrogens with one attached hydrogen (secondary N) is 2. The minimum absolute atomic E-state index is 0.00435. The number of amides is 3. The number of primary amides is 1. The highest BCUT2D eigenvalue weighted by Crippen LogP contribution is 2.22. The molecule has 1 aromatic heterocycles. The minimum atomic E-state index is -5.02. The topological polar surface area (TPSA) is 145 Å². The summed E-state index contributed by atoms with van der Waals surface area (Å²) < 4.78 is 42.0. The molecule has 32 heavy (non-hydrogen) atoms. The van der Waals surface area contributed by atoms with Gasteiger partial charge >= 0.3 is 6.36 Å². The number of hydrogen-bond acceptors (Lipinski definition) is 6. The summed E-state index contributed by atoms with van der Waals surface area (Å²) in [6.07, 6.45) is -3.17. The molecular formula is C19H26F3N5O5. The molecule has 10 nitrogen and oxygen atoms in total. The number of nitrogens with zero attached hydrogens (tertiary/aromatic N) is 2. The van der Waals surface area contributed by atoms with Crippen molar-refractivity contribution < 1.29 is 37.1 Å². The zero-order valence-electron chi connectivity index (χ0n) is 17.6. The molecule has 1 saturated heterocycles. The lowest BCUT2D eigenvalue weighted by atomic mass is 9.95. The van der Waals surface area contributed by atoms with E-state index in [4.69, 9.17) is 5.73 Å². The van der Waals surface area contributed by atoms with Crippen LogP contribution in [0.15, 0.2) is 12.3 Å². The zero-order valence-corrected chi connectivity index (χ0v) is 17.6. The number of rotatable bonds is 11. The van der Waals surface area contributed by atoms with Gasteiger partial charge in [0.05, 0.1) is 6.04 Å². The Kier molecular flexibility index (Phi) is 8.36. The number of halogens is 3. The van der Waals surface area contributed by atoms with Crippen LogP contribution in [0.25, 0.3) is 0 Å². The lowest BCUT2D eigenvalue weighted by Gasteiger charge is -2.24. The van der Waals surface area contributed by atoms with Crippen LogP contribution in [-0.2, 0) is 19.1 Å². The normalized spacial score (nSPS) is 18.3. The second-order valence-electron chi connectivity index (χ2n) is 7.96. The average molecular weight is 461 g/mol. The van der Waals surface area contributed by atoms with E-state index in [-0.39, 0.29) is 30.4 Å². The highest BCUT2D eigenvalue weighted by atomic mass is 19.4. The summed E-state index contributed by atoms with van der Waals surface area (Å²) in [6, 6.07) is -1.01. The van der Waals surface area contributed by atoms with Crippen molar-refractivity contribution in [2.75, 3.05) is 13.2 Å². The molecule has 2 rings (SSSR count). The smallest absolute Gasteiger partial charge is 0.364 e. The van der Waals surface area contributed by atoms with Crippen LogP contribution in [0.3, 0.4) is 0 Å². The first kappa shape index (κ1) is 25.3. The molecule has 0 spiro atoms. The molecule has 1 aliphatic rings. The Morgan fingerprint density at radius 2 is 2.06 bits per heavy atom. The summed E-state index contributed by atoms with van der Waals surface area (Å²) in [6.45, 7) is 2.74. The van der Waals surface area contributed by atoms with Crippen molar-refractivity contribution in [3.8, 4) is 0 Å². The van der Waals surface area contributed by atoms with Crippen LogP contribution < -0.4 is 16.4 Å². The highest BCUT2D eigenvalue weighted by molar-refractivity contribution is 5.92. The molecule has 4 N–H and O–H groups in total. The summed E-state index contributed by atoms with van der Waals surface area (Å²) in [4.78, 5) is 48.7. The van der Waals surface area contributed by atoms with Gasteiger partial charge in [-0.3, -0.25) is 28.6 Å². The Hall–Kier alpha value is -2.96. The van der Waals surface area contributed by atoms with E-state index in [1.165, 1.54) is 16.9 Å². The number of aromatic nitrogens is 2. The molecule has 0 aliphatic carbocycles. The first-order valence-corrected chi connectivity index (χ1v) is 10.0. The van der Waals surface area contributed by atoms with Crippen LogP contribution in [0.2, 0.25) is 0 Å². The Morgan fingerprint density at radius 1 is 1.38 bits per heavy atom. The van der Waals surface area contributed by atoms with Crippen LogP contribution in [0, 0.1) is 11.8 Å². The monoisotopic (exact) mass is 461 g/mol. The van der Waals surface area contributed by atoms with Crippen LogP contribution in [0.5, 0.6) is 0 Å². The van der Waals surface area contributed by atoms with Crippen LogP contribution in [-0.4, -0.2) is 58.8 Å². The minimum Gasteiger partial charge on any atom is -0.364 e. The van der Waals surface area contributed by atoms with Crippen LogP contribution >= 0.6 is 0 Å². The van der Waals surface area contributed by atoms with Gasteiger partial charge in [-0.1, -0.05) is 13.8 Å². The summed E-state index contributed by atoms with van der Waals surface area (Å²) >= 11 is 0. The number of ether oxygens (including phenoxy) is 1. The molecule has 0 aromatic carbocycles. The van der Waals surface area contributed by atoms with Crippen LogP contribution in [0.1, 0.15) is 49.6 Å². The number of alkyl halides is 3. The Morgan fingerprint density at radius 3 is 2.56 bits per heavy atom. The maximum absolute atomic E-state index is 13.0. The SMILES string of the molecule is CC(C)C[C@@H](C(=O)N[C@@H](C[C@@H]1CCNC1=O)C(=O)COC(F)(F)F)n1ccc(C(N)=O)n1. The van der Waals surface area contributed by atoms with Crippen molar-refractivity contribution >= 4 is 23.5 Å². The van der Waals surface area contributed by atoms with Gasteiger partial charge in [-0.15, -0.1) is 13.2 Å². The summed E-state index contributed by atoms with van der Waals surface area (Å²) in [7, 11) is 0. The molecule has 0 bridgehead atoms. The van der Waals surface area contributed by atoms with Gasteiger partial charge < -0.3 is 16.4 Å². The van der Waals surface area contributed by atoms with E-state index < -0.39 is 48.6 Å². The predicted octanol–water partition coefficient (Wildman–Crippen LogP) is 0.686. The van der Waals surface area contributed by atoms with E-state index in [0.29, 0.717) is 13.0 Å². The molecule has 1 aromatic rings. The molecule has 3 amide bonds. The molecule has 0 unspecified atom stereocenters. The summed E-state index contributed by atoms with van der Waals surface area (Å²) in [5, 5.41) is 9.01. The van der Waals surface area contributed by atoms with Crippen molar-refractivity contribution in [3.05, 3.63) is 18.0 Å². The van der Waals surface area contributed by atoms with Gasteiger partial charge in [0.15, 0.2) is 5.78 Å². The van der Waals surface area contributed by atoms with E-state index >= 15 is 0 Å². The van der Waals surface area contributed by atoms with Gasteiger partial charge in [0.1, 0.15) is 18.3 Å². The van der Waals surface area contributed by atoms with E-state index in [0.717, 1.165) is 0 Å². The largest absolute Gasteiger partial charge is 0.522 e. The first-order chi connectivity index (χ1) is 14.9. The van der Waals surface area contributed by atoms with Gasteiger partial charge in [0.2, 0.25) is 11.8 Å². The number of ketones is 1. The average Bonchev–Trinajstić information content (AvgIpc) is 3.32. The molecule has 13 heteroatoms. The Balaban J connectivity index is 2.21. The third kappa shape index (κ3) is 7.32. The third-order valence-electron chi connectivity index (χ3n) is 4.94. The quantitative estimate of drug-likeness (QED) is 0.442. The lowest BCUT2D eigenvalue weighted by molar-refractivity contribution is -0.321. The summed E-state index contributed by atoms with van der Waals surface area (Å²) in [5.74, 6) is -3.48. The van der Waals surface area contributed by atoms with Crippen LogP contribution in [0.4, 0.5) is 13.2 Å². The first-order valence-electron chi connectivity index (χ1n) is 10.0. The maximum Gasteiger partial charge on any atom is 0.522 e. The maximum atomic E-state index is 13.0. The molecule has 0 radical (unpaired) electrons. The van der Waals surface area contributed by atoms with E-state index in [1.807, 2.05) is 13.8 Å². The van der Waals surface area contributed by atoms with Crippen molar-refractivity contribution in [3.63, 3.8) is 0 Å². The molecule has 1 aliphatic heterocycles. The fourth-order valence-corrected chi connectivity index (χ4v) is 3.37. The number of hydrogen-bond donors (Lipinski definition) is 3. The molecule has 2 heterocycles. The second-order valence-corrected chi connectivity index (χ2v) is 7.96. The number of carbonyl (C=O) groups is 4. The van der Waals surface area contributed by atoms with Gasteiger partial charge in [-0.05, 0) is 31.2 Å². The lowest BCUT2D eigenvalue weighted by Crippen LogP contribution is -2.47.